The third-order valence-corrected chi connectivity index (χ3v) is 8.11. The lowest BCUT2D eigenvalue weighted by molar-refractivity contribution is -0.140. The lowest BCUT2D eigenvalue weighted by Gasteiger charge is -2.33. The molecule has 208 valence electrons. The smallest absolute Gasteiger partial charge is 0.244 e. The van der Waals surface area contributed by atoms with Gasteiger partial charge in [0.15, 0.2) is 0 Å². The highest BCUT2D eigenvalue weighted by Gasteiger charge is 2.33. The number of nitrogens with one attached hydrogen (secondary N) is 1. The zero-order chi connectivity index (χ0) is 28.6. The Morgan fingerprint density at radius 3 is 2.00 bits per heavy atom. The first kappa shape index (κ1) is 30.8. The van der Waals surface area contributed by atoms with Crippen LogP contribution in [0.4, 0.5) is 5.69 Å². The van der Waals surface area contributed by atoms with Crippen molar-refractivity contribution in [1.29, 1.82) is 0 Å². The van der Waals surface area contributed by atoms with E-state index in [2.05, 4.69) is 5.32 Å². The van der Waals surface area contributed by atoms with E-state index < -0.39 is 28.5 Å². The van der Waals surface area contributed by atoms with Crippen LogP contribution < -0.4 is 9.62 Å². The van der Waals surface area contributed by atoms with Gasteiger partial charge in [0.1, 0.15) is 12.6 Å². The molecule has 0 saturated carbocycles. The first-order valence-corrected chi connectivity index (χ1v) is 15.3. The van der Waals surface area contributed by atoms with Gasteiger partial charge < -0.3 is 10.2 Å². The Morgan fingerprint density at radius 1 is 0.872 bits per heavy atom. The third kappa shape index (κ3) is 8.60. The van der Waals surface area contributed by atoms with E-state index in [1.165, 1.54) is 17.0 Å². The molecule has 0 aliphatic heterocycles. The fourth-order valence-corrected chi connectivity index (χ4v) is 5.54. The molecule has 1 atom stereocenters. The van der Waals surface area contributed by atoms with Crippen LogP contribution in [0.1, 0.15) is 24.5 Å². The van der Waals surface area contributed by atoms with Crippen LogP contribution >= 0.6 is 34.8 Å². The second-order valence-corrected chi connectivity index (χ2v) is 12.1. The van der Waals surface area contributed by atoms with Crippen LogP contribution in [0.15, 0.2) is 72.8 Å². The maximum absolute atomic E-state index is 14.0. The maximum Gasteiger partial charge on any atom is 0.244 e. The topological polar surface area (TPSA) is 86.8 Å². The highest BCUT2D eigenvalue weighted by atomic mass is 35.5. The molecule has 0 radical (unpaired) electrons. The van der Waals surface area contributed by atoms with Gasteiger partial charge in [0.25, 0.3) is 0 Å². The van der Waals surface area contributed by atoms with Crippen LogP contribution in [0.2, 0.25) is 15.1 Å². The number of nitrogens with zero attached hydrogens (tertiary/aromatic N) is 2. The summed E-state index contributed by atoms with van der Waals surface area (Å²) < 4.78 is 26.6. The standard InChI is InChI=1S/C28H30Cl3N3O4S/c1-3-14-32-28(36)26(15-20-10-6-4-7-11-20)33(18-21-12-8-5-9-13-21)27(35)19-34(39(2,37)38)25-17-23(30)22(29)16-24(25)31/h4-13,16-17,26H,3,14-15,18-19H2,1-2H3,(H,32,36). The summed E-state index contributed by atoms with van der Waals surface area (Å²) in [6, 6.07) is 20.3. The summed E-state index contributed by atoms with van der Waals surface area (Å²) in [6.07, 6.45) is 1.92. The summed E-state index contributed by atoms with van der Waals surface area (Å²) in [5.74, 6) is -0.914. The average Bonchev–Trinajstić information content (AvgIpc) is 2.90. The Labute approximate surface area is 244 Å². The number of rotatable bonds is 12. The van der Waals surface area contributed by atoms with Gasteiger partial charge in [0.05, 0.1) is 27.0 Å². The predicted molar refractivity (Wildman–Crippen MR) is 158 cm³/mol. The number of hydrogen-bond donors (Lipinski definition) is 1. The highest BCUT2D eigenvalue weighted by Crippen LogP contribution is 2.35. The van der Waals surface area contributed by atoms with Gasteiger partial charge in [-0.1, -0.05) is 102 Å². The fourth-order valence-electron chi connectivity index (χ4n) is 4.00. The van der Waals surface area contributed by atoms with Crippen molar-refractivity contribution in [3.8, 4) is 0 Å². The molecule has 7 nitrogen and oxygen atoms in total. The molecule has 0 fully saturated rings. The van der Waals surface area contributed by atoms with Crippen LogP contribution in [0.25, 0.3) is 0 Å². The van der Waals surface area contributed by atoms with Gasteiger partial charge in [-0.3, -0.25) is 13.9 Å². The van der Waals surface area contributed by atoms with Gasteiger partial charge in [-0.05, 0) is 29.7 Å². The Bertz CT molecular complexity index is 1390. The van der Waals surface area contributed by atoms with Crippen molar-refractivity contribution >= 4 is 62.3 Å². The van der Waals surface area contributed by atoms with Crippen LogP contribution in [-0.2, 0) is 32.6 Å². The van der Waals surface area contributed by atoms with E-state index in [0.717, 1.165) is 21.7 Å². The quantitative estimate of drug-likeness (QED) is 0.271. The summed E-state index contributed by atoms with van der Waals surface area (Å²) >= 11 is 18.5. The molecule has 3 aromatic carbocycles. The van der Waals surface area contributed by atoms with E-state index in [-0.39, 0.29) is 39.6 Å². The summed E-state index contributed by atoms with van der Waals surface area (Å²) in [5.41, 5.74) is 1.65. The first-order valence-electron chi connectivity index (χ1n) is 12.3. The maximum atomic E-state index is 14.0. The molecule has 0 aromatic heterocycles. The summed E-state index contributed by atoms with van der Waals surface area (Å²) in [7, 11) is -3.99. The highest BCUT2D eigenvalue weighted by molar-refractivity contribution is 7.92. The van der Waals surface area contributed by atoms with E-state index in [1.807, 2.05) is 67.6 Å². The zero-order valence-electron chi connectivity index (χ0n) is 21.6. The number of sulfonamides is 1. The molecule has 0 spiro atoms. The lowest BCUT2D eigenvalue weighted by Crippen LogP contribution is -2.53. The van der Waals surface area contributed by atoms with Crippen molar-refractivity contribution in [3.63, 3.8) is 0 Å². The third-order valence-electron chi connectivity index (χ3n) is 5.95. The molecule has 2 amide bonds. The van der Waals surface area contributed by atoms with E-state index in [1.54, 1.807) is 0 Å². The Kier molecular flexibility index (Phi) is 11.1. The zero-order valence-corrected chi connectivity index (χ0v) is 24.7. The number of anilines is 1. The number of halogens is 3. The van der Waals surface area contributed by atoms with Crippen molar-refractivity contribution in [1.82, 2.24) is 10.2 Å². The molecule has 0 aliphatic rings. The fraction of sp³-hybridized carbons (Fsp3) is 0.286. The number of amides is 2. The minimum Gasteiger partial charge on any atom is -0.354 e. The molecule has 3 rings (SSSR count). The lowest BCUT2D eigenvalue weighted by atomic mass is 10.0. The Balaban J connectivity index is 2.06. The van der Waals surface area contributed by atoms with E-state index >= 15 is 0 Å². The number of carbonyl (C=O) groups is 2. The molecule has 1 N–H and O–H groups in total. The van der Waals surface area contributed by atoms with Gasteiger partial charge >= 0.3 is 0 Å². The molecule has 1 unspecified atom stereocenters. The van der Waals surface area contributed by atoms with E-state index in [9.17, 15) is 18.0 Å². The van der Waals surface area contributed by atoms with E-state index in [0.29, 0.717) is 13.0 Å². The average molecular weight is 611 g/mol. The van der Waals surface area contributed by atoms with Gasteiger partial charge in [-0.2, -0.15) is 0 Å². The summed E-state index contributed by atoms with van der Waals surface area (Å²) in [5, 5.41) is 3.13. The molecule has 0 aliphatic carbocycles. The molecular formula is C28H30Cl3N3O4S. The van der Waals surface area contributed by atoms with E-state index in [4.69, 9.17) is 34.8 Å². The number of hydrogen-bond acceptors (Lipinski definition) is 4. The Hall–Kier alpha value is -2.78. The molecule has 11 heteroatoms. The minimum absolute atomic E-state index is 0.0108. The van der Waals surface area contributed by atoms with Crippen LogP contribution in [-0.4, -0.2) is 50.5 Å². The van der Waals surface area contributed by atoms with Crippen molar-refractivity contribution in [2.75, 3.05) is 23.7 Å². The van der Waals surface area contributed by atoms with Crippen molar-refractivity contribution in [3.05, 3.63) is 99.0 Å². The first-order chi connectivity index (χ1) is 18.5. The monoisotopic (exact) mass is 609 g/mol. The van der Waals surface area contributed by atoms with Gasteiger partial charge in [0.2, 0.25) is 21.8 Å². The summed E-state index contributed by atoms with van der Waals surface area (Å²) in [4.78, 5) is 28.8. The van der Waals surface area contributed by atoms with Gasteiger partial charge in [-0.15, -0.1) is 0 Å². The van der Waals surface area contributed by atoms with Crippen LogP contribution in [0, 0.1) is 0 Å². The van der Waals surface area contributed by atoms with Crippen molar-refractivity contribution in [2.24, 2.45) is 0 Å². The second kappa shape index (κ2) is 14.0. The second-order valence-electron chi connectivity index (χ2n) is 8.99. The molecule has 0 heterocycles. The number of benzene rings is 3. The molecular weight excluding hydrogens is 581 g/mol. The largest absolute Gasteiger partial charge is 0.354 e. The van der Waals surface area contributed by atoms with Crippen molar-refractivity contribution < 1.29 is 18.0 Å². The van der Waals surface area contributed by atoms with Crippen LogP contribution in [0.5, 0.6) is 0 Å². The number of carbonyl (C=O) groups excluding carboxylic acids is 2. The normalized spacial score (nSPS) is 12.0. The minimum atomic E-state index is -3.99. The van der Waals surface area contributed by atoms with Gasteiger partial charge in [-0.25, -0.2) is 8.42 Å². The summed E-state index contributed by atoms with van der Waals surface area (Å²) in [6.45, 7) is 1.86. The molecule has 3 aromatic rings. The SMILES string of the molecule is CCCNC(=O)C(Cc1ccccc1)N(Cc1ccccc1)C(=O)CN(c1cc(Cl)c(Cl)cc1Cl)S(C)(=O)=O. The van der Waals surface area contributed by atoms with Crippen molar-refractivity contribution in [2.45, 2.75) is 32.4 Å². The Morgan fingerprint density at radius 2 is 1.44 bits per heavy atom. The molecule has 39 heavy (non-hydrogen) atoms. The van der Waals surface area contributed by atoms with Gasteiger partial charge in [0, 0.05) is 19.5 Å². The molecule has 0 bridgehead atoms. The predicted octanol–water partition coefficient (Wildman–Crippen LogP) is 5.58. The molecule has 0 saturated heterocycles. The van der Waals surface area contributed by atoms with Crippen LogP contribution in [0.3, 0.4) is 0 Å².